The average Bonchev–Trinajstić information content (AvgIpc) is 2.61. The Kier molecular flexibility index (Phi) is 6.83. The van der Waals surface area contributed by atoms with Crippen LogP contribution in [0.3, 0.4) is 0 Å². The van der Waals surface area contributed by atoms with Gasteiger partial charge in [0.15, 0.2) is 0 Å². The summed E-state index contributed by atoms with van der Waals surface area (Å²) in [6.07, 6.45) is -0.119. The third kappa shape index (κ3) is 5.84. The second-order valence-electron chi connectivity index (χ2n) is 5.39. The first kappa shape index (κ1) is 18.3. The van der Waals surface area contributed by atoms with Gasteiger partial charge in [0.25, 0.3) is 0 Å². The van der Waals surface area contributed by atoms with Crippen molar-refractivity contribution in [1.82, 2.24) is 10.6 Å². The van der Waals surface area contributed by atoms with E-state index in [2.05, 4.69) is 10.6 Å². The second kappa shape index (κ2) is 9.32. The zero-order valence-corrected chi connectivity index (χ0v) is 14.1. The number of hydrogen-bond donors (Lipinski definition) is 3. The summed E-state index contributed by atoms with van der Waals surface area (Å²) in [7, 11) is 0. The smallest absolute Gasteiger partial charge is 0.315 e. The maximum Gasteiger partial charge on any atom is 0.315 e. The van der Waals surface area contributed by atoms with Crippen molar-refractivity contribution >= 4 is 12.0 Å². The first-order valence-corrected chi connectivity index (χ1v) is 8.14. The summed E-state index contributed by atoms with van der Waals surface area (Å²) in [5, 5.41) is 14.1. The number of carboxylic acids is 1. The second-order valence-corrected chi connectivity index (χ2v) is 5.39. The molecule has 25 heavy (non-hydrogen) atoms. The van der Waals surface area contributed by atoms with Crippen LogP contribution in [-0.2, 0) is 4.79 Å². The van der Waals surface area contributed by atoms with Crippen molar-refractivity contribution in [3.05, 3.63) is 65.7 Å². The van der Waals surface area contributed by atoms with E-state index >= 15 is 0 Å². The van der Waals surface area contributed by atoms with Gasteiger partial charge in [-0.3, -0.25) is 4.79 Å². The number of rotatable bonds is 8. The summed E-state index contributed by atoms with van der Waals surface area (Å²) in [4.78, 5) is 22.7. The predicted octanol–water partition coefficient (Wildman–Crippen LogP) is 2.95. The topological polar surface area (TPSA) is 87.7 Å². The number of urea groups is 1. The Morgan fingerprint density at radius 3 is 2.28 bits per heavy atom. The molecule has 0 saturated carbocycles. The minimum atomic E-state index is -0.952. The molecule has 0 spiro atoms. The fourth-order valence-corrected chi connectivity index (χ4v) is 2.39. The van der Waals surface area contributed by atoms with Gasteiger partial charge < -0.3 is 20.5 Å². The first-order valence-electron chi connectivity index (χ1n) is 8.14. The number of ether oxygens (including phenoxy) is 1. The molecule has 0 fully saturated rings. The van der Waals surface area contributed by atoms with Gasteiger partial charge in [-0.2, -0.15) is 0 Å². The minimum absolute atomic E-state index is 0.0754. The molecule has 1 atom stereocenters. The van der Waals surface area contributed by atoms with Gasteiger partial charge in [0.1, 0.15) is 5.75 Å². The van der Waals surface area contributed by atoms with E-state index in [9.17, 15) is 9.59 Å². The molecule has 1 unspecified atom stereocenters. The predicted molar refractivity (Wildman–Crippen MR) is 94.7 cm³/mol. The van der Waals surface area contributed by atoms with Gasteiger partial charge in [0.2, 0.25) is 0 Å². The number of carbonyl (C=O) groups is 2. The van der Waals surface area contributed by atoms with Gasteiger partial charge >= 0.3 is 12.0 Å². The van der Waals surface area contributed by atoms with Gasteiger partial charge in [0.05, 0.1) is 19.1 Å². The van der Waals surface area contributed by atoms with Crippen molar-refractivity contribution in [2.75, 3.05) is 13.2 Å². The van der Waals surface area contributed by atoms with E-state index in [4.69, 9.17) is 9.84 Å². The summed E-state index contributed by atoms with van der Waals surface area (Å²) in [5.41, 5.74) is 1.84. The molecule has 0 aliphatic heterocycles. The highest BCUT2D eigenvalue weighted by molar-refractivity contribution is 5.76. The normalized spacial score (nSPS) is 11.4. The van der Waals surface area contributed by atoms with Crippen molar-refractivity contribution in [2.45, 2.75) is 19.4 Å². The van der Waals surface area contributed by atoms with Crippen molar-refractivity contribution in [2.24, 2.45) is 0 Å². The fraction of sp³-hybridized carbons (Fsp3) is 0.263. The third-order valence-electron chi connectivity index (χ3n) is 3.56. The lowest BCUT2D eigenvalue weighted by Gasteiger charge is -2.20. The lowest BCUT2D eigenvalue weighted by atomic mass is 9.99. The maximum absolute atomic E-state index is 12.1. The summed E-state index contributed by atoms with van der Waals surface area (Å²) in [5.74, 6) is -0.185. The number of carboxylic acid groups (broad SMARTS) is 1. The number of benzene rings is 2. The zero-order chi connectivity index (χ0) is 18.1. The Hall–Kier alpha value is -3.02. The molecule has 2 aromatic rings. The average molecular weight is 342 g/mol. The first-order chi connectivity index (χ1) is 12.1. The summed E-state index contributed by atoms with van der Waals surface area (Å²) >= 11 is 0. The highest BCUT2D eigenvalue weighted by atomic mass is 16.5. The zero-order valence-electron chi connectivity index (χ0n) is 14.1. The Labute approximate surface area is 146 Å². The van der Waals surface area contributed by atoms with Crippen LogP contribution in [0.4, 0.5) is 4.79 Å². The molecule has 0 aromatic heterocycles. The fourth-order valence-electron chi connectivity index (χ4n) is 2.39. The molecule has 2 amide bonds. The van der Waals surface area contributed by atoms with Gasteiger partial charge in [-0.25, -0.2) is 4.79 Å². The Balaban J connectivity index is 2.13. The number of carbonyl (C=O) groups excluding carboxylic acids is 1. The Morgan fingerprint density at radius 1 is 1.04 bits per heavy atom. The van der Waals surface area contributed by atoms with Crippen LogP contribution in [0.25, 0.3) is 0 Å². The molecule has 6 heteroatoms. The minimum Gasteiger partial charge on any atom is -0.494 e. The molecule has 2 aromatic carbocycles. The van der Waals surface area contributed by atoms with E-state index in [-0.39, 0.29) is 19.0 Å². The van der Waals surface area contributed by atoms with Gasteiger partial charge in [-0.05, 0) is 30.2 Å². The SMILES string of the molecule is CCOc1ccc(C(NC(=O)NCCC(=O)O)c2ccccc2)cc1. The van der Waals surface area contributed by atoms with Crippen LogP contribution < -0.4 is 15.4 Å². The molecular formula is C19H22N2O4. The summed E-state index contributed by atoms with van der Waals surface area (Å²) < 4.78 is 5.45. The quantitative estimate of drug-likeness (QED) is 0.688. The maximum atomic E-state index is 12.1. The van der Waals surface area contributed by atoms with Gasteiger partial charge in [0, 0.05) is 6.54 Å². The molecule has 6 nitrogen and oxygen atoms in total. The van der Waals surface area contributed by atoms with Crippen LogP contribution in [0, 0.1) is 0 Å². The van der Waals surface area contributed by atoms with E-state index < -0.39 is 12.0 Å². The molecule has 2 rings (SSSR count). The number of amides is 2. The molecule has 0 saturated heterocycles. The number of hydrogen-bond acceptors (Lipinski definition) is 3. The van der Waals surface area contributed by atoms with Crippen molar-refractivity contribution in [3.63, 3.8) is 0 Å². The van der Waals surface area contributed by atoms with Crippen LogP contribution in [0.1, 0.15) is 30.5 Å². The highest BCUT2D eigenvalue weighted by Gasteiger charge is 2.16. The molecule has 3 N–H and O–H groups in total. The molecule has 132 valence electrons. The van der Waals surface area contributed by atoms with E-state index in [0.717, 1.165) is 16.9 Å². The molecule has 0 heterocycles. The van der Waals surface area contributed by atoms with E-state index in [1.54, 1.807) is 0 Å². The highest BCUT2D eigenvalue weighted by Crippen LogP contribution is 2.24. The summed E-state index contributed by atoms with van der Waals surface area (Å²) in [6, 6.07) is 16.3. The van der Waals surface area contributed by atoms with Crippen molar-refractivity contribution < 1.29 is 19.4 Å². The van der Waals surface area contributed by atoms with Gasteiger partial charge in [-0.1, -0.05) is 42.5 Å². The third-order valence-corrected chi connectivity index (χ3v) is 3.56. The molecule has 0 aliphatic carbocycles. The molecule has 0 bridgehead atoms. The number of nitrogens with one attached hydrogen (secondary N) is 2. The van der Waals surface area contributed by atoms with Crippen LogP contribution >= 0.6 is 0 Å². The lowest BCUT2D eigenvalue weighted by Crippen LogP contribution is -2.39. The van der Waals surface area contributed by atoms with Crippen molar-refractivity contribution in [3.8, 4) is 5.75 Å². The van der Waals surface area contributed by atoms with E-state index in [0.29, 0.717) is 6.61 Å². The monoisotopic (exact) mass is 342 g/mol. The van der Waals surface area contributed by atoms with Crippen LogP contribution in [0.5, 0.6) is 5.75 Å². The van der Waals surface area contributed by atoms with Crippen LogP contribution in [0.15, 0.2) is 54.6 Å². The number of aliphatic carboxylic acids is 1. The Morgan fingerprint density at radius 2 is 1.68 bits per heavy atom. The van der Waals surface area contributed by atoms with Gasteiger partial charge in [-0.15, -0.1) is 0 Å². The lowest BCUT2D eigenvalue weighted by molar-refractivity contribution is -0.136. The molecule has 0 aliphatic rings. The summed E-state index contributed by atoms with van der Waals surface area (Å²) in [6.45, 7) is 2.58. The molecule has 0 radical (unpaired) electrons. The standard InChI is InChI=1S/C19H22N2O4/c1-2-25-16-10-8-15(9-11-16)18(14-6-4-3-5-7-14)21-19(24)20-13-12-17(22)23/h3-11,18H,2,12-13H2,1H3,(H,22,23)(H2,20,21,24). The van der Waals surface area contributed by atoms with E-state index in [1.807, 2.05) is 61.5 Å². The van der Waals surface area contributed by atoms with Crippen LogP contribution in [-0.4, -0.2) is 30.3 Å². The van der Waals surface area contributed by atoms with E-state index in [1.165, 1.54) is 0 Å². The Bertz CT molecular complexity index is 686. The largest absolute Gasteiger partial charge is 0.494 e. The van der Waals surface area contributed by atoms with Crippen molar-refractivity contribution in [1.29, 1.82) is 0 Å². The molecular weight excluding hydrogens is 320 g/mol. The van der Waals surface area contributed by atoms with Crippen LogP contribution in [0.2, 0.25) is 0 Å².